The molecule has 1 aromatic carbocycles. The Kier molecular flexibility index (Phi) is 5.73. The summed E-state index contributed by atoms with van der Waals surface area (Å²) in [6.07, 6.45) is 2.32. The van der Waals surface area contributed by atoms with E-state index in [4.69, 9.17) is 4.74 Å². The normalized spacial score (nSPS) is 16.2. The van der Waals surface area contributed by atoms with E-state index in [9.17, 15) is 9.90 Å². The number of aliphatic hydroxyl groups excluding tert-OH is 1. The highest BCUT2D eigenvalue weighted by Gasteiger charge is 2.29. The molecule has 1 aromatic heterocycles. The van der Waals surface area contributed by atoms with Crippen LogP contribution in [-0.2, 0) is 4.79 Å². The summed E-state index contributed by atoms with van der Waals surface area (Å²) in [6.45, 7) is 1.68. The van der Waals surface area contributed by atoms with Gasteiger partial charge in [0, 0.05) is 32.4 Å². The van der Waals surface area contributed by atoms with Crippen LogP contribution in [0.25, 0.3) is 0 Å². The highest BCUT2D eigenvalue weighted by atomic mass is 16.5. The lowest BCUT2D eigenvalue weighted by atomic mass is 10.0. The molecule has 6 nitrogen and oxygen atoms in total. The molecule has 3 rings (SSSR count). The summed E-state index contributed by atoms with van der Waals surface area (Å²) in [5, 5.41) is 10.5. The monoisotopic (exact) mass is 355 g/mol. The number of piperidine rings is 1. The van der Waals surface area contributed by atoms with Crippen molar-refractivity contribution in [2.75, 3.05) is 32.1 Å². The van der Waals surface area contributed by atoms with Gasteiger partial charge in [-0.15, -0.1) is 0 Å². The molecular weight excluding hydrogens is 330 g/mol. The number of rotatable bonds is 5. The molecule has 0 radical (unpaired) electrons. The van der Waals surface area contributed by atoms with Gasteiger partial charge in [0.2, 0.25) is 0 Å². The molecule has 1 saturated heterocycles. The van der Waals surface area contributed by atoms with Crippen LogP contribution in [0.1, 0.15) is 24.5 Å². The molecule has 2 heterocycles. The first-order valence-corrected chi connectivity index (χ1v) is 8.85. The Morgan fingerprint density at radius 2 is 2.04 bits per heavy atom. The number of likely N-dealkylation sites (N-methyl/N-ethyl adjacent to an activating group) is 1. The van der Waals surface area contributed by atoms with Crippen molar-refractivity contribution in [3.8, 4) is 5.75 Å². The lowest BCUT2D eigenvalue weighted by Crippen LogP contribution is -2.47. The Morgan fingerprint density at radius 1 is 1.27 bits per heavy atom. The van der Waals surface area contributed by atoms with Crippen molar-refractivity contribution >= 4 is 11.7 Å². The number of carbonyl (C=O) groups is 1. The summed E-state index contributed by atoms with van der Waals surface area (Å²) in [5.74, 6) is 1.31. The van der Waals surface area contributed by atoms with Gasteiger partial charge >= 0.3 is 0 Å². The number of anilines is 1. The van der Waals surface area contributed by atoms with Crippen LogP contribution in [0.2, 0.25) is 0 Å². The SMILES string of the molecule is COc1cccc(C(O)C(=O)N(C)C2CCN(c3ccccn3)CC2)c1. The topological polar surface area (TPSA) is 65.9 Å². The third kappa shape index (κ3) is 3.96. The van der Waals surface area contributed by atoms with E-state index in [0.717, 1.165) is 31.7 Å². The molecule has 1 aliphatic rings. The third-order valence-electron chi connectivity index (χ3n) is 4.98. The van der Waals surface area contributed by atoms with Crippen molar-refractivity contribution in [3.63, 3.8) is 0 Å². The Morgan fingerprint density at radius 3 is 2.69 bits per heavy atom. The van der Waals surface area contributed by atoms with Crippen LogP contribution in [0.5, 0.6) is 5.75 Å². The lowest BCUT2D eigenvalue weighted by Gasteiger charge is -2.38. The molecular formula is C20H25N3O3. The highest BCUT2D eigenvalue weighted by molar-refractivity contribution is 5.82. The summed E-state index contributed by atoms with van der Waals surface area (Å²) in [7, 11) is 3.33. The van der Waals surface area contributed by atoms with E-state index < -0.39 is 6.10 Å². The summed E-state index contributed by atoms with van der Waals surface area (Å²) >= 11 is 0. The van der Waals surface area contributed by atoms with Crippen LogP contribution in [0, 0.1) is 0 Å². The number of aliphatic hydroxyl groups is 1. The van der Waals surface area contributed by atoms with Gasteiger partial charge in [0.1, 0.15) is 11.6 Å². The predicted molar refractivity (Wildman–Crippen MR) is 100 cm³/mol. The second-order valence-corrected chi connectivity index (χ2v) is 6.53. The summed E-state index contributed by atoms with van der Waals surface area (Å²) in [5.41, 5.74) is 0.548. The zero-order valence-corrected chi connectivity index (χ0v) is 15.2. The maximum absolute atomic E-state index is 12.7. The zero-order chi connectivity index (χ0) is 18.5. The van der Waals surface area contributed by atoms with Gasteiger partial charge in [-0.2, -0.15) is 0 Å². The third-order valence-corrected chi connectivity index (χ3v) is 4.98. The molecule has 1 aliphatic heterocycles. The molecule has 1 amide bonds. The number of aromatic nitrogens is 1. The van der Waals surface area contributed by atoms with Crippen molar-refractivity contribution in [1.29, 1.82) is 0 Å². The second kappa shape index (κ2) is 8.19. The Hall–Kier alpha value is -2.60. The van der Waals surface area contributed by atoms with E-state index >= 15 is 0 Å². The maximum atomic E-state index is 12.7. The first-order valence-electron chi connectivity index (χ1n) is 8.85. The van der Waals surface area contributed by atoms with Gasteiger partial charge < -0.3 is 19.6 Å². The van der Waals surface area contributed by atoms with Gasteiger partial charge in [0.15, 0.2) is 6.10 Å². The summed E-state index contributed by atoms with van der Waals surface area (Å²) in [4.78, 5) is 21.0. The molecule has 2 aromatic rings. The highest BCUT2D eigenvalue weighted by Crippen LogP contribution is 2.24. The van der Waals surface area contributed by atoms with Gasteiger partial charge in [-0.05, 0) is 42.7 Å². The van der Waals surface area contributed by atoms with Gasteiger partial charge in [0.05, 0.1) is 7.11 Å². The van der Waals surface area contributed by atoms with Crippen molar-refractivity contribution in [2.24, 2.45) is 0 Å². The largest absolute Gasteiger partial charge is 0.497 e. The fourth-order valence-corrected chi connectivity index (χ4v) is 3.35. The van der Waals surface area contributed by atoms with E-state index in [1.165, 1.54) is 0 Å². The second-order valence-electron chi connectivity index (χ2n) is 6.53. The first-order chi connectivity index (χ1) is 12.6. The molecule has 6 heteroatoms. The number of nitrogens with zero attached hydrogens (tertiary/aromatic N) is 3. The van der Waals surface area contributed by atoms with Crippen molar-refractivity contribution in [1.82, 2.24) is 9.88 Å². The van der Waals surface area contributed by atoms with Crippen molar-refractivity contribution in [3.05, 3.63) is 54.2 Å². The van der Waals surface area contributed by atoms with Gasteiger partial charge in [0.25, 0.3) is 5.91 Å². The molecule has 1 N–H and O–H groups in total. The van der Waals surface area contributed by atoms with E-state index in [1.807, 2.05) is 18.2 Å². The van der Waals surface area contributed by atoms with E-state index in [2.05, 4.69) is 9.88 Å². The van der Waals surface area contributed by atoms with Gasteiger partial charge in [-0.1, -0.05) is 18.2 Å². The minimum atomic E-state index is -1.18. The Bertz CT molecular complexity index is 730. The average molecular weight is 355 g/mol. The van der Waals surface area contributed by atoms with E-state index in [0.29, 0.717) is 11.3 Å². The number of pyridine rings is 1. The molecule has 0 spiro atoms. The number of hydrogen-bond donors (Lipinski definition) is 1. The zero-order valence-electron chi connectivity index (χ0n) is 15.2. The summed E-state index contributed by atoms with van der Waals surface area (Å²) in [6, 6.07) is 13.0. The molecule has 0 bridgehead atoms. The molecule has 1 fully saturated rings. The van der Waals surface area contributed by atoms with Crippen LogP contribution in [0.3, 0.4) is 0 Å². The number of carbonyl (C=O) groups excluding carboxylic acids is 1. The van der Waals surface area contributed by atoms with E-state index in [1.54, 1.807) is 49.5 Å². The fraction of sp³-hybridized carbons (Fsp3) is 0.400. The van der Waals surface area contributed by atoms with Gasteiger partial charge in [-0.25, -0.2) is 4.98 Å². The smallest absolute Gasteiger partial charge is 0.256 e. The standard InChI is InChI=1S/C20H25N3O3/c1-22(20(25)19(24)15-6-5-7-17(14-15)26-2)16-9-12-23(13-10-16)18-8-3-4-11-21-18/h3-8,11,14,16,19,24H,9-10,12-13H2,1-2H3. The van der Waals surface area contributed by atoms with Crippen LogP contribution in [-0.4, -0.2) is 54.2 Å². The Balaban J connectivity index is 1.60. The molecule has 1 atom stereocenters. The van der Waals surface area contributed by atoms with Crippen LogP contribution < -0.4 is 9.64 Å². The molecule has 26 heavy (non-hydrogen) atoms. The molecule has 1 unspecified atom stereocenters. The quantitative estimate of drug-likeness (QED) is 0.891. The minimum Gasteiger partial charge on any atom is -0.497 e. The van der Waals surface area contributed by atoms with Crippen LogP contribution in [0.4, 0.5) is 5.82 Å². The predicted octanol–water partition coefficient (Wildman–Crippen LogP) is 2.25. The Labute approximate surface area is 154 Å². The van der Waals surface area contributed by atoms with Crippen molar-refractivity contribution < 1.29 is 14.6 Å². The lowest BCUT2D eigenvalue weighted by molar-refractivity contribution is -0.141. The van der Waals surface area contributed by atoms with E-state index in [-0.39, 0.29) is 11.9 Å². The molecule has 138 valence electrons. The number of benzene rings is 1. The number of ether oxygens (including phenoxy) is 1. The first kappa shape index (κ1) is 18.2. The van der Waals surface area contributed by atoms with Gasteiger partial charge in [-0.3, -0.25) is 4.79 Å². The van der Waals surface area contributed by atoms with Crippen LogP contribution in [0.15, 0.2) is 48.7 Å². The number of hydrogen-bond acceptors (Lipinski definition) is 5. The summed E-state index contributed by atoms with van der Waals surface area (Å²) < 4.78 is 5.17. The molecule has 0 aliphatic carbocycles. The average Bonchev–Trinajstić information content (AvgIpc) is 2.73. The van der Waals surface area contributed by atoms with Crippen LogP contribution >= 0.6 is 0 Å². The fourth-order valence-electron chi connectivity index (χ4n) is 3.35. The van der Waals surface area contributed by atoms with Crippen molar-refractivity contribution in [2.45, 2.75) is 25.0 Å². The minimum absolute atomic E-state index is 0.114. The number of methoxy groups -OCH3 is 1. The molecule has 0 saturated carbocycles. The number of amides is 1. The maximum Gasteiger partial charge on any atom is 0.256 e.